The summed E-state index contributed by atoms with van der Waals surface area (Å²) in [5.41, 5.74) is 1.32. The van der Waals surface area contributed by atoms with Gasteiger partial charge in [-0.25, -0.2) is 0 Å². The smallest absolute Gasteiger partial charge is 0.0635 e. The Labute approximate surface area is 125 Å². The Hall–Kier alpha value is -0.390. The second kappa shape index (κ2) is 8.72. The van der Waals surface area contributed by atoms with E-state index < -0.39 is 0 Å². The van der Waals surface area contributed by atoms with Gasteiger partial charge in [0.1, 0.15) is 0 Å². The summed E-state index contributed by atoms with van der Waals surface area (Å²) in [6.45, 7) is 4.21. The minimum atomic E-state index is 0.606. The Kier molecular flexibility index (Phi) is 7.64. The lowest BCUT2D eigenvalue weighted by atomic mass is 10.1. The molecule has 5 heteroatoms. The summed E-state index contributed by atoms with van der Waals surface area (Å²) < 4.78 is 3.26. The van der Waals surface area contributed by atoms with Crippen molar-refractivity contribution in [1.29, 1.82) is 0 Å². The van der Waals surface area contributed by atoms with E-state index in [-0.39, 0.29) is 0 Å². The third kappa shape index (κ3) is 5.63. The summed E-state index contributed by atoms with van der Waals surface area (Å²) in [6, 6.07) is 0.606. The standard InChI is InChI=1S/C14H27BrN4/c1-5-6-12(16-2)7-8-14-13(15)11-17-19(14)10-9-18(3)4/h11-12,16H,5-10H2,1-4H3. The Balaban J connectivity index is 2.58. The molecule has 1 rings (SSSR count). The molecular formula is C14H27BrN4. The van der Waals surface area contributed by atoms with E-state index in [1.165, 1.54) is 18.5 Å². The molecule has 1 heterocycles. The van der Waals surface area contributed by atoms with Gasteiger partial charge in [0.05, 0.1) is 22.9 Å². The van der Waals surface area contributed by atoms with E-state index in [2.05, 4.69) is 64.0 Å². The fourth-order valence-electron chi connectivity index (χ4n) is 2.22. The lowest BCUT2D eigenvalue weighted by Gasteiger charge is -2.16. The van der Waals surface area contributed by atoms with Crippen LogP contribution in [0.5, 0.6) is 0 Å². The Morgan fingerprint density at radius 3 is 2.74 bits per heavy atom. The van der Waals surface area contributed by atoms with Gasteiger partial charge in [0.25, 0.3) is 0 Å². The van der Waals surface area contributed by atoms with Crippen molar-refractivity contribution in [3.63, 3.8) is 0 Å². The fraction of sp³-hybridized carbons (Fsp3) is 0.786. The molecular weight excluding hydrogens is 304 g/mol. The predicted octanol–water partition coefficient (Wildman–Crippen LogP) is 2.53. The van der Waals surface area contributed by atoms with E-state index in [0.29, 0.717) is 6.04 Å². The molecule has 4 nitrogen and oxygen atoms in total. The molecule has 110 valence electrons. The van der Waals surface area contributed by atoms with Crippen LogP contribution in [0.15, 0.2) is 10.7 Å². The number of nitrogens with one attached hydrogen (secondary N) is 1. The van der Waals surface area contributed by atoms with Crippen LogP contribution in [-0.4, -0.2) is 48.4 Å². The largest absolute Gasteiger partial charge is 0.317 e. The van der Waals surface area contributed by atoms with E-state index in [1.54, 1.807) is 0 Å². The number of aromatic nitrogens is 2. The van der Waals surface area contributed by atoms with Crippen molar-refractivity contribution < 1.29 is 0 Å². The van der Waals surface area contributed by atoms with E-state index in [9.17, 15) is 0 Å². The number of rotatable bonds is 9. The normalized spacial score (nSPS) is 13.2. The summed E-state index contributed by atoms with van der Waals surface area (Å²) in [5, 5.41) is 7.86. The summed E-state index contributed by atoms with van der Waals surface area (Å²) in [6.07, 6.45) is 6.61. The van der Waals surface area contributed by atoms with E-state index in [1.807, 2.05) is 6.20 Å². The van der Waals surface area contributed by atoms with Crippen molar-refractivity contribution >= 4 is 15.9 Å². The molecule has 1 aromatic rings. The zero-order valence-electron chi connectivity index (χ0n) is 12.6. The maximum atomic E-state index is 4.46. The highest BCUT2D eigenvalue weighted by Gasteiger charge is 2.12. The second-order valence-corrected chi connectivity index (χ2v) is 6.13. The molecule has 0 bridgehead atoms. The first-order chi connectivity index (χ1) is 9.08. The highest BCUT2D eigenvalue weighted by molar-refractivity contribution is 9.10. The van der Waals surface area contributed by atoms with E-state index in [0.717, 1.165) is 30.4 Å². The average molecular weight is 331 g/mol. The Bertz CT molecular complexity index is 362. The van der Waals surface area contributed by atoms with Crippen molar-refractivity contribution in [3.8, 4) is 0 Å². The average Bonchev–Trinajstić information content (AvgIpc) is 2.73. The van der Waals surface area contributed by atoms with Crippen LogP contribution in [0.1, 0.15) is 31.9 Å². The first-order valence-corrected chi connectivity index (χ1v) is 7.90. The van der Waals surface area contributed by atoms with Gasteiger partial charge in [-0.05, 0) is 56.3 Å². The van der Waals surface area contributed by atoms with Gasteiger partial charge in [-0.3, -0.25) is 4.68 Å². The molecule has 0 aliphatic rings. The van der Waals surface area contributed by atoms with Crippen molar-refractivity contribution in [1.82, 2.24) is 20.0 Å². The topological polar surface area (TPSA) is 33.1 Å². The van der Waals surface area contributed by atoms with Crippen LogP contribution < -0.4 is 5.32 Å². The number of nitrogens with zero attached hydrogens (tertiary/aromatic N) is 3. The lowest BCUT2D eigenvalue weighted by Crippen LogP contribution is -2.26. The van der Waals surface area contributed by atoms with Gasteiger partial charge < -0.3 is 10.2 Å². The van der Waals surface area contributed by atoms with Crippen LogP contribution in [0.3, 0.4) is 0 Å². The van der Waals surface area contributed by atoms with Crippen LogP contribution in [0, 0.1) is 0 Å². The molecule has 0 aromatic carbocycles. The molecule has 1 N–H and O–H groups in total. The monoisotopic (exact) mass is 330 g/mol. The third-order valence-corrected chi connectivity index (χ3v) is 4.09. The van der Waals surface area contributed by atoms with Crippen molar-refractivity contribution in [2.24, 2.45) is 0 Å². The van der Waals surface area contributed by atoms with Gasteiger partial charge in [-0.1, -0.05) is 13.3 Å². The first kappa shape index (κ1) is 16.7. The van der Waals surface area contributed by atoms with Crippen LogP contribution in [0.2, 0.25) is 0 Å². The molecule has 0 amide bonds. The summed E-state index contributed by atoms with van der Waals surface area (Å²) in [7, 11) is 6.24. The first-order valence-electron chi connectivity index (χ1n) is 7.10. The lowest BCUT2D eigenvalue weighted by molar-refractivity contribution is 0.367. The van der Waals surface area contributed by atoms with E-state index >= 15 is 0 Å². The van der Waals surface area contributed by atoms with Gasteiger partial charge >= 0.3 is 0 Å². The van der Waals surface area contributed by atoms with E-state index in [4.69, 9.17) is 0 Å². The summed E-state index contributed by atoms with van der Waals surface area (Å²) >= 11 is 3.62. The van der Waals surface area contributed by atoms with Gasteiger partial charge in [0, 0.05) is 12.6 Å². The fourth-order valence-corrected chi connectivity index (χ4v) is 2.71. The SMILES string of the molecule is CCCC(CCc1c(Br)cnn1CCN(C)C)NC. The zero-order valence-corrected chi connectivity index (χ0v) is 14.2. The van der Waals surface area contributed by atoms with Crippen molar-refractivity contribution in [2.45, 2.75) is 45.2 Å². The predicted molar refractivity (Wildman–Crippen MR) is 84.6 cm³/mol. The molecule has 0 saturated heterocycles. The highest BCUT2D eigenvalue weighted by atomic mass is 79.9. The van der Waals surface area contributed by atoms with Crippen LogP contribution in [-0.2, 0) is 13.0 Å². The highest BCUT2D eigenvalue weighted by Crippen LogP contribution is 2.19. The molecule has 0 aliphatic carbocycles. The van der Waals surface area contributed by atoms with Gasteiger partial charge in [0.15, 0.2) is 0 Å². The molecule has 19 heavy (non-hydrogen) atoms. The molecule has 0 radical (unpaired) electrons. The number of halogens is 1. The number of hydrogen-bond acceptors (Lipinski definition) is 3. The summed E-state index contributed by atoms with van der Waals surface area (Å²) in [4.78, 5) is 2.19. The Morgan fingerprint density at radius 2 is 2.16 bits per heavy atom. The molecule has 0 fully saturated rings. The Morgan fingerprint density at radius 1 is 1.42 bits per heavy atom. The second-order valence-electron chi connectivity index (χ2n) is 5.28. The third-order valence-electron chi connectivity index (χ3n) is 3.43. The minimum Gasteiger partial charge on any atom is -0.317 e. The van der Waals surface area contributed by atoms with Crippen molar-refractivity contribution in [2.75, 3.05) is 27.7 Å². The molecule has 1 aromatic heterocycles. The van der Waals surface area contributed by atoms with Crippen LogP contribution in [0.25, 0.3) is 0 Å². The molecule has 0 spiro atoms. The molecule has 1 atom stereocenters. The zero-order chi connectivity index (χ0) is 14.3. The maximum Gasteiger partial charge on any atom is 0.0635 e. The minimum absolute atomic E-state index is 0.606. The molecule has 0 aliphatic heterocycles. The number of likely N-dealkylation sites (N-methyl/N-ethyl adjacent to an activating group) is 1. The van der Waals surface area contributed by atoms with Crippen molar-refractivity contribution in [3.05, 3.63) is 16.4 Å². The maximum absolute atomic E-state index is 4.46. The van der Waals surface area contributed by atoms with Gasteiger partial charge in [-0.15, -0.1) is 0 Å². The quantitative estimate of drug-likeness (QED) is 0.755. The number of hydrogen-bond donors (Lipinski definition) is 1. The summed E-state index contributed by atoms with van der Waals surface area (Å²) in [5.74, 6) is 0. The molecule has 0 saturated carbocycles. The van der Waals surface area contributed by atoms with Gasteiger partial charge in [0.2, 0.25) is 0 Å². The van der Waals surface area contributed by atoms with Crippen LogP contribution >= 0.6 is 15.9 Å². The molecule has 1 unspecified atom stereocenters. The van der Waals surface area contributed by atoms with Crippen LogP contribution in [0.4, 0.5) is 0 Å². The van der Waals surface area contributed by atoms with Gasteiger partial charge in [-0.2, -0.15) is 5.10 Å².